The molecule has 1 rings (SSSR count). The molecule has 7 nitrogen and oxygen atoms in total. The molecule has 0 aromatic heterocycles. The summed E-state index contributed by atoms with van der Waals surface area (Å²) in [5.74, 6) is 0.968. The second kappa shape index (κ2) is 47.3. The number of amides is 1. The van der Waals surface area contributed by atoms with Gasteiger partial charge in [-0.1, -0.05) is 207 Å². The average molecular weight is 890 g/mol. The van der Waals surface area contributed by atoms with Gasteiger partial charge in [-0.3, -0.25) is 14.5 Å². The molecule has 0 aromatic carbocycles. The molecule has 1 N–H and O–H groups in total. The van der Waals surface area contributed by atoms with Crippen molar-refractivity contribution < 1.29 is 14.3 Å². The lowest BCUT2D eigenvalue weighted by atomic mass is 9.94. The molecule has 1 amide bonds. The summed E-state index contributed by atoms with van der Waals surface area (Å²) in [6.45, 7) is 19.8. The van der Waals surface area contributed by atoms with Crippen molar-refractivity contribution in [2.45, 2.75) is 272 Å². The first-order valence-corrected chi connectivity index (χ1v) is 28.6. The molecule has 0 aliphatic carbocycles. The zero-order valence-corrected chi connectivity index (χ0v) is 43.3. The number of nitrogens with one attached hydrogen (secondary N) is 1. The molecule has 1 aliphatic rings. The number of hydrogen-bond acceptors (Lipinski definition) is 6. The molecule has 0 aromatic rings. The molecule has 1 unspecified atom stereocenters. The Hall–Kier alpha value is -1.18. The minimum absolute atomic E-state index is 0.00734. The van der Waals surface area contributed by atoms with Crippen LogP contribution in [-0.2, 0) is 14.3 Å². The second-order valence-electron chi connectivity index (χ2n) is 20.1. The minimum atomic E-state index is -0.00734. The number of ether oxygens (including phenoxy) is 1. The molecule has 374 valence electrons. The number of carbonyl (C=O) groups is 2. The van der Waals surface area contributed by atoms with Crippen LogP contribution in [0.2, 0.25) is 0 Å². The van der Waals surface area contributed by atoms with Crippen LogP contribution < -0.4 is 5.32 Å². The van der Waals surface area contributed by atoms with E-state index in [1.54, 1.807) is 0 Å². The molecule has 1 saturated heterocycles. The summed E-state index contributed by atoms with van der Waals surface area (Å²) in [5, 5.41) is 3.72. The number of unbranched alkanes of at least 4 members (excludes halogenated alkanes) is 29. The topological polar surface area (TPSA) is 65.1 Å². The Morgan fingerprint density at radius 3 is 1.46 bits per heavy atom. The highest BCUT2D eigenvalue weighted by molar-refractivity contribution is 5.78. The maximum absolute atomic E-state index is 13.9. The van der Waals surface area contributed by atoms with Crippen LogP contribution in [0.5, 0.6) is 0 Å². The van der Waals surface area contributed by atoms with Crippen LogP contribution in [-0.4, -0.2) is 98.6 Å². The van der Waals surface area contributed by atoms with Crippen LogP contribution in [0.3, 0.4) is 0 Å². The van der Waals surface area contributed by atoms with Crippen molar-refractivity contribution in [1.82, 2.24) is 20.0 Å². The van der Waals surface area contributed by atoms with E-state index in [4.69, 9.17) is 4.74 Å². The van der Waals surface area contributed by atoms with Gasteiger partial charge in [-0.05, 0) is 96.4 Å². The highest BCUT2D eigenvalue weighted by atomic mass is 16.5. The molecule has 0 radical (unpaired) electrons. The standard InChI is InChI=1S/C56H112N4O3/c1-5-9-13-17-20-21-22-23-24-27-30-35-45-58(46-36-32-28-33-41-56(62)63-51-38-16-12-8-4)49-42-54-40-39-48-60(52-54)55(61)53-59(47-37-31-26-19-15-11-7-3)50-44-57-43-34-29-25-18-14-10-6-2/h54,57H,5-53H2,1-4H3. The summed E-state index contributed by atoms with van der Waals surface area (Å²) in [5.41, 5.74) is 0. The maximum Gasteiger partial charge on any atom is 0.305 e. The summed E-state index contributed by atoms with van der Waals surface area (Å²) in [6, 6.07) is 0. The van der Waals surface area contributed by atoms with Crippen LogP contribution >= 0.6 is 0 Å². The summed E-state index contributed by atoms with van der Waals surface area (Å²) in [7, 11) is 0. The van der Waals surface area contributed by atoms with Gasteiger partial charge in [-0.2, -0.15) is 0 Å². The molecule has 63 heavy (non-hydrogen) atoms. The fraction of sp³-hybridized carbons (Fsp3) is 0.964. The van der Waals surface area contributed by atoms with E-state index >= 15 is 0 Å². The Morgan fingerprint density at radius 2 is 0.937 bits per heavy atom. The predicted octanol–water partition coefficient (Wildman–Crippen LogP) is 15.1. The van der Waals surface area contributed by atoms with Crippen molar-refractivity contribution >= 4 is 11.9 Å². The van der Waals surface area contributed by atoms with Gasteiger partial charge in [0.05, 0.1) is 13.2 Å². The van der Waals surface area contributed by atoms with Gasteiger partial charge in [-0.25, -0.2) is 0 Å². The monoisotopic (exact) mass is 889 g/mol. The third kappa shape index (κ3) is 39.7. The molecular formula is C56H112N4O3. The predicted molar refractivity (Wildman–Crippen MR) is 275 cm³/mol. The molecule has 1 aliphatic heterocycles. The normalized spacial score (nSPS) is 14.4. The van der Waals surface area contributed by atoms with E-state index in [1.165, 1.54) is 212 Å². The van der Waals surface area contributed by atoms with Gasteiger partial charge in [-0.15, -0.1) is 0 Å². The second-order valence-corrected chi connectivity index (χ2v) is 20.1. The number of rotatable bonds is 49. The zero-order valence-electron chi connectivity index (χ0n) is 43.3. The van der Waals surface area contributed by atoms with E-state index < -0.39 is 0 Å². The van der Waals surface area contributed by atoms with Crippen LogP contribution in [0.4, 0.5) is 0 Å². The summed E-state index contributed by atoms with van der Waals surface area (Å²) < 4.78 is 5.47. The molecule has 1 heterocycles. The van der Waals surface area contributed by atoms with E-state index in [1.807, 2.05) is 0 Å². The molecule has 1 fully saturated rings. The molecule has 7 heteroatoms. The molecule has 0 spiro atoms. The lowest BCUT2D eigenvalue weighted by molar-refractivity contribution is -0.144. The van der Waals surface area contributed by atoms with Gasteiger partial charge in [0.15, 0.2) is 0 Å². The van der Waals surface area contributed by atoms with Crippen molar-refractivity contribution in [1.29, 1.82) is 0 Å². The molecule has 1 atom stereocenters. The summed E-state index contributed by atoms with van der Waals surface area (Å²) in [4.78, 5) is 33.6. The van der Waals surface area contributed by atoms with Crippen molar-refractivity contribution in [3.63, 3.8) is 0 Å². The van der Waals surface area contributed by atoms with Crippen LogP contribution in [0.1, 0.15) is 272 Å². The fourth-order valence-electron chi connectivity index (χ4n) is 9.57. The Morgan fingerprint density at radius 1 is 0.492 bits per heavy atom. The van der Waals surface area contributed by atoms with Crippen LogP contribution in [0.25, 0.3) is 0 Å². The van der Waals surface area contributed by atoms with Gasteiger partial charge >= 0.3 is 5.97 Å². The Kier molecular flexibility index (Phi) is 44.9. The molecule has 0 bridgehead atoms. The summed E-state index contributed by atoms with van der Waals surface area (Å²) in [6.07, 6.45) is 48.6. The highest BCUT2D eigenvalue weighted by Gasteiger charge is 2.25. The Balaban J connectivity index is 2.58. The smallest absolute Gasteiger partial charge is 0.305 e. The van der Waals surface area contributed by atoms with Gasteiger partial charge < -0.3 is 19.9 Å². The number of likely N-dealkylation sites (tertiary alicyclic amines) is 1. The van der Waals surface area contributed by atoms with Gasteiger partial charge in [0.1, 0.15) is 0 Å². The number of hydrogen-bond donors (Lipinski definition) is 1. The van der Waals surface area contributed by atoms with Crippen molar-refractivity contribution in [2.75, 3.05) is 72.1 Å². The van der Waals surface area contributed by atoms with Gasteiger partial charge in [0.25, 0.3) is 0 Å². The minimum Gasteiger partial charge on any atom is -0.466 e. The fourth-order valence-corrected chi connectivity index (χ4v) is 9.57. The van der Waals surface area contributed by atoms with Gasteiger partial charge in [0, 0.05) is 32.6 Å². The van der Waals surface area contributed by atoms with Crippen LogP contribution in [0.15, 0.2) is 0 Å². The summed E-state index contributed by atoms with van der Waals surface area (Å²) >= 11 is 0. The lowest BCUT2D eigenvalue weighted by Gasteiger charge is -2.35. The van der Waals surface area contributed by atoms with Crippen molar-refractivity contribution in [3.05, 3.63) is 0 Å². The highest BCUT2D eigenvalue weighted by Crippen LogP contribution is 2.22. The SMILES string of the molecule is CCCCCCCCCCCCCCN(CCCCCCC(=O)OCCCCCC)CCC1CCCN(C(=O)CN(CCCCCCCCC)CCNCCCCCCCCC)C1. The quantitative estimate of drug-likeness (QED) is 0.0485. The number of piperidine rings is 1. The average Bonchev–Trinajstić information content (AvgIpc) is 3.29. The number of carbonyl (C=O) groups excluding carboxylic acids is 2. The number of nitrogens with zero attached hydrogens (tertiary/aromatic N) is 3. The first-order chi connectivity index (χ1) is 31.0. The first kappa shape index (κ1) is 59.8. The molecule has 0 saturated carbocycles. The van der Waals surface area contributed by atoms with E-state index in [0.29, 0.717) is 31.4 Å². The van der Waals surface area contributed by atoms with Gasteiger partial charge in [0.2, 0.25) is 5.91 Å². The van der Waals surface area contributed by atoms with Crippen molar-refractivity contribution in [2.24, 2.45) is 5.92 Å². The Bertz CT molecular complexity index is 965. The maximum atomic E-state index is 13.9. The molecular weight excluding hydrogens is 777 g/mol. The Labute approximate surface area is 394 Å². The third-order valence-electron chi connectivity index (χ3n) is 13.9. The zero-order chi connectivity index (χ0) is 45.5. The van der Waals surface area contributed by atoms with E-state index in [2.05, 4.69) is 47.7 Å². The first-order valence-electron chi connectivity index (χ1n) is 28.6. The van der Waals surface area contributed by atoms with Crippen LogP contribution in [0, 0.1) is 5.92 Å². The van der Waals surface area contributed by atoms with Crippen molar-refractivity contribution in [3.8, 4) is 0 Å². The number of esters is 1. The van der Waals surface area contributed by atoms with E-state index in [9.17, 15) is 9.59 Å². The largest absolute Gasteiger partial charge is 0.466 e. The van der Waals surface area contributed by atoms with E-state index in [-0.39, 0.29) is 5.97 Å². The third-order valence-corrected chi connectivity index (χ3v) is 13.9. The lowest BCUT2D eigenvalue weighted by Crippen LogP contribution is -2.47. The van der Waals surface area contributed by atoms with E-state index in [0.717, 1.165) is 84.5 Å².